The first-order chi connectivity index (χ1) is 10.6. The normalized spacial score (nSPS) is 22.5. The molecule has 0 aliphatic carbocycles. The van der Waals surface area contributed by atoms with Crippen molar-refractivity contribution in [2.45, 2.75) is 25.5 Å². The first-order valence-corrected chi connectivity index (χ1v) is 7.97. The standard InChI is InChI=1S/C17H18ClN3O/c1-10-2-3-14-12(6-10)13-7-11(18)8-20-17(13)21(14)15-4-5-19-9-16(15)22/h2-3,6-8,15-16,19,22H,4-5,9H2,1H3/t15-,16?/m0/s1. The van der Waals surface area contributed by atoms with Crippen molar-refractivity contribution < 1.29 is 5.11 Å². The summed E-state index contributed by atoms with van der Waals surface area (Å²) in [6, 6.07) is 8.40. The number of aryl methyl sites for hydroxylation is 1. The van der Waals surface area contributed by atoms with Crippen molar-refractivity contribution >= 4 is 33.5 Å². The molecular formula is C17H18ClN3O. The van der Waals surface area contributed by atoms with Gasteiger partial charge in [0, 0.05) is 23.5 Å². The second-order valence-corrected chi connectivity index (χ2v) is 6.48. The average molecular weight is 316 g/mol. The lowest BCUT2D eigenvalue weighted by Crippen LogP contribution is -2.41. The van der Waals surface area contributed by atoms with Gasteiger partial charge in [-0.15, -0.1) is 0 Å². The molecule has 2 N–H and O–H groups in total. The van der Waals surface area contributed by atoms with Crippen LogP contribution in [-0.2, 0) is 0 Å². The maximum Gasteiger partial charge on any atom is 0.141 e. The third-order valence-electron chi connectivity index (χ3n) is 4.51. The van der Waals surface area contributed by atoms with Gasteiger partial charge in [0.2, 0.25) is 0 Å². The molecule has 1 unspecified atom stereocenters. The van der Waals surface area contributed by atoms with Crippen molar-refractivity contribution in [1.29, 1.82) is 0 Å². The summed E-state index contributed by atoms with van der Waals surface area (Å²) >= 11 is 6.15. The quantitative estimate of drug-likeness (QED) is 0.725. The number of aromatic nitrogens is 2. The Labute approximate surface area is 133 Å². The van der Waals surface area contributed by atoms with Gasteiger partial charge in [0.05, 0.1) is 22.7 Å². The van der Waals surface area contributed by atoms with Crippen molar-refractivity contribution in [3.63, 3.8) is 0 Å². The van der Waals surface area contributed by atoms with E-state index in [1.165, 1.54) is 5.56 Å². The van der Waals surface area contributed by atoms with Crippen LogP contribution in [0.3, 0.4) is 0 Å². The summed E-state index contributed by atoms with van der Waals surface area (Å²) in [6.45, 7) is 3.60. The molecule has 3 aromatic rings. The van der Waals surface area contributed by atoms with Gasteiger partial charge >= 0.3 is 0 Å². The molecular weight excluding hydrogens is 298 g/mol. The number of β-amino-alcohol motifs (C(OH)–C–C–N with tert-alkyl or cyclic N) is 1. The van der Waals surface area contributed by atoms with E-state index < -0.39 is 6.10 Å². The summed E-state index contributed by atoms with van der Waals surface area (Å²) in [4.78, 5) is 4.56. The fraction of sp³-hybridized carbons (Fsp3) is 0.353. The molecule has 0 amide bonds. The van der Waals surface area contributed by atoms with Crippen LogP contribution >= 0.6 is 11.6 Å². The largest absolute Gasteiger partial charge is 0.390 e. The maximum atomic E-state index is 10.4. The molecule has 0 saturated carbocycles. The molecule has 1 saturated heterocycles. The number of benzene rings is 1. The van der Waals surface area contributed by atoms with E-state index in [2.05, 4.69) is 40.0 Å². The van der Waals surface area contributed by atoms with Gasteiger partial charge in [0.1, 0.15) is 5.65 Å². The Morgan fingerprint density at radius 2 is 2.18 bits per heavy atom. The fourth-order valence-electron chi connectivity index (χ4n) is 3.48. The number of nitrogens with one attached hydrogen (secondary N) is 1. The average Bonchev–Trinajstić information content (AvgIpc) is 2.81. The van der Waals surface area contributed by atoms with E-state index in [4.69, 9.17) is 11.6 Å². The van der Waals surface area contributed by atoms with Crippen LogP contribution in [0.5, 0.6) is 0 Å². The van der Waals surface area contributed by atoms with Crippen LogP contribution < -0.4 is 5.32 Å². The van der Waals surface area contributed by atoms with E-state index >= 15 is 0 Å². The van der Waals surface area contributed by atoms with Gasteiger partial charge in [-0.1, -0.05) is 23.2 Å². The van der Waals surface area contributed by atoms with Crippen LogP contribution in [0, 0.1) is 6.92 Å². The number of rotatable bonds is 1. The van der Waals surface area contributed by atoms with Gasteiger partial charge in [-0.05, 0) is 38.1 Å². The van der Waals surface area contributed by atoms with Crippen molar-refractivity contribution in [2.24, 2.45) is 0 Å². The van der Waals surface area contributed by atoms with E-state index in [0.717, 1.165) is 34.9 Å². The van der Waals surface area contributed by atoms with Crippen LogP contribution in [0.1, 0.15) is 18.0 Å². The number of aliphatic hydroxyl groups excluding tert-OH is 1. The van der Waals surface area contributed by atoms with Crippen LogP contribution in [0.25, 0.3) is 21.9 Å². The van der Waals surface area contributed by atoms with Crippen molar-refractivity contribution in [1.82, 2.24) is 14.9 Å². The lowest BCUT2D eigenvalue weighted by atomic mass is 10.0. The number of nitrogens with zero attached hydrogens (tertiary/aromatic N) is 2. The molecule has 114 valence electrons. The van der Waals surface area contributed by atoms with Gasteiger partial charge in [0.25, 0.3) is 0 Å². The minimum atomic E-state index is -0.411. The molecule has 1 fully saturated rings. The maximum absolute atomic E-state index is 10.4. The fourth-order valence-corrected chi connectivity index (χ4v) is 3.64. The smallest absolute Gasteiger partial charge is 0.141 e. The highest BCUT2D eigenvalue weighted by atomic mass is 35.5. The molecule has 4 nitrogen and oxygen atoms in total. The third-order valence-corrected chi connectivity index (χ3v) is 4.72. The number of halogens is 1. The predicted molar refractivity (Wildman–Crippen MR) is 89.5 cm³/mol. The van der Waals surface area contributed by atoms with Crippen LogP contribution in [0.2, 0.25) is 5.02 Å². The molecule has 22 heavy (non-hydrogen) atoms. The molecule has 4 rings (SSSR count). The first-order valence-electron chi connectivity index (χ1n) is 7.60. The van der Waals surface area contributed by atoms with Crippen molar-refractivity contribution in [3.8, 4) is 0 Å². The lowest BCUT2D eigenvalue weighted by molar-refractivity contribution is 0.0910. The molecule has 1 aliphatic rings. The lowest BCUT2D eigenvalue weighted by Gasteiger charge is -2.30. The van der Waals surface area contributed by atoms with Gasteiger partial charge in [0.15, 0.2) is 0 Å². The minimum Gasteiger partial charge on any atom is -0.390 e. The third kappa shape index (κ3) is 2.10. The van der Waals surface area contributed by atoms with Gasteiger partial charge in [-0.25, -0.2) is 4.98 Å². The van der Waals surface area contributed by atoms with Crippen molar-refractivity contribution in [2.75, 3.05) is 13.1 Å². The number of hydrogen-bond donors (Lipinski definition) is 2. The zero-order valence-electron chi connectivity index (χ0n) is 12.4. The van der Waals surface area contributed by atoms with Crippen LogP contribution in [-0.4, -0.2) is 33.9 Å². The van der Waals surface area contributed by atoms with Gasteiger partial charge in [-0.3, -0.25) is 0 Å². The van der Waals surface area contributed by atoms with E-state index in [0.29, 0.717) is 11.6 Å². The number of piperidine rings is 1. The SMILES string of the molecule is Cc1ccc2c(c1)c1cc(Cl)cnc1n2[C@H]1CCNCC1O. The van der Waals surface area contributed by atoms with Crippen LogP contribution in [0.15, 0.2) is 30.5 Å². The second kappa shape index (κ2) is 5.23. The van der Waals surface area contributed by atoms with Crippen LogP contribution in [0.4, 0.5) is 0 Å². The topological polar surface area (TPSA) is 50.1 Å². The molecule has 2 aromatic heterocycles. The summed E-state index contributed by atoms with van der Waals surface area (Å²) < 4.78 is 2.19. The molecule has 5 heteroatoms. The Morgan fingerprint density at radius 3 is 3.00 bits per heavy atom. The first kappa shape index (κ1) is 14.0. The molecule has 1 aliphatic heterocycles. The monoisotopic (exact) mass is 315 g/mol. The number of pyridine rings is 1. The Morgan fingerprint density at radius 1 is 1.32 bits per heavy atom. The zero-order chi connectivity index (χ0) is 15.3. The summed E-state index contributed by atoms with van der Waals surface area (Å²) in [5.41, 5.74) is 3.22. The van der Waals surface area contributed by atoms with Crippen molar-refractivity contribution in [3.05, 3.63) is 41.0 Å². The van der Waals surface area contributed by atoms with Gasteiger partial charge in [-0.2, -0.15) is 0 Å². The molecule has 0 bridgehead atoms. The van der Waals surface area contributed by atoms with E-state index in [-0.39, 0.29) is 6.04 Å². The predicted octanol–water partition coefficient (Wildman–Crippen LogP) is 3.05. The molecule has 0 spiro atoms. The highest BCUT2D eigenvalue weighted by molar-refractivity contribution is 6.31. The molecule has 2 atom stereocenters. The van der Waals surface area contributed by atoms with E-state index in [1.54, 1.807) is 6.20 Å². The Bertz CT molecular complexity index is 799. The summed E-state index contributed by atoms with van der Waals surface area (Å²) in [6.07, 6.45) is 2.16. The Hall–Kier alpha value is -1.62. The number of fused-ring (bicyclic) bond motifs is 3. The summed E-state index contributed by atoms with van der Waals surface area (Å²) in [7, 11) is 0. The molecule has 3 heterocycles. The number of aliphatic hydroxyl groups is 1. The Kier molecular flexibility index (Phi) is 3.33. The minimum absolute atomic E-state index is 0.0395. The van der Waals surface area contributed by atoms with E-state index in [1.807, 2.05) is 6.07 Å². The van der Waals surface area contributed by atoms with Gasteiger partial charge < -0.3 is 15.0 Å². The highest BCUT2D eigenvalue weighted by Gasteiger charge is 2.28. The van der Waals surface area contributed by atoms with E-state index in [9.17, 15) is 5.11 Å². The zero-order valence-corrected chi connectivity index (χ0v) is 13.1. The Balaban J connectivity index is 2.06. The molecule has 0 radical (unpaired) electrons. The summed E-state index contributed by atoms with van der Waals surface area (Å²) in [5.74, 6) is 0. The summed E-state index contributed by atoms with van der Waals surface area (Å²) in [5, 5.41) is 16.5. The second-order valence-electron chi connectivity index (χ2n) is 6.04. The molecule has 1 aromatic carbocycles. The highest BCUT2D eigenvalue weighted by Crippen LogP contribution is 2.35. The number of hydrogen-bond acceptors (Lipinski definition) is 3.